The van der Waals surface area contributed by atoms with E-state index in [2.05, 4.69) is 0 Å². The van der Waals surface area contributed by atoms with E-state index in [4.69, 9.17) is 4.74 Å². The monoisotopic (exact) mass is 159 g/mol. The molecule has 0 aliphatic rings. The first-order valence-electron chi connectivity index (χ1n) is 3.98. The van der Waals surface area contributed by atoms with E-state index in [0.29, 0.717) is 6.42 Å². The average Bonchev–Trinajstić information content (AvgIpc) is 2.00. The van der Waals surface area contributed by atoms with Crippen LogP contribution in [0.2, 0.25) is 0 Å². The van der Waals surface area contributed by atoms with Gasteiger partial charge >= 0.3 is 5.97 Å². The van der Waals surface area contributed by atoms with Crippen LogP contribution in [0.15, 0.2) is 0 Å². The van der Waals surface area contributed by atoms with Crippen molar-refractivity contribution in [2.75, 3.05) is 6.61 Å². The van der Waals surface area contributed by atoms with Crippen LogP contribution in [0.4, 0.5) is 0 Å². The minimum absolute atomic E-state index is 0.254. The third kappa shape index (κ3) is 5.85. The Balaban J connectivity index is 3.36. The Morgan fingerprint density at radius 2 is 2.18 bits per heavy atom. The molecule has 11 heavy (non-hydrogen) atoms. The lowest BCUT2D eigenvalue weighted by Crippen LogP contribution is -2.17. The van der Waals surface area contributed by atoms with Gasteiger partial charge in [-0.05, 0) is 13.3 Å². The molecule has 0 bridgehead atoms. The zero-order valence-corrected chi connectivity index (χ0v) is 7.13. The fraction of sp³-hybridized carbons (Fsp3) is 0.875. The summed E-state index contributed by atoms with van der Waals surface area (Å²) in [6, 6.07) is 0. The predicted molar refractivity (Wildman–Crippen MR) is 40.6 cm³/mol. The molecular weight excluding hydrogens is 144 g/mol. The quantitative estimate of drug-likeness (QED) is 0.571. The van der Waals surface area contributed by atoms with Crippen molar-refractivity contribution in [1.29, 1.82) is 0 Å². The molecule has 65 valence electrons. The van der Waals surface area contributed by atoms with Gasteiger partial charge in [0, 0.05) is 6.42 Å². The highest BCUT2D eigenvalue weighted by Gasteiger charge is 2.07. The van der Waals surface area contributed by atoms with Crippen molar-refractivity contribution in [3.8, 4) is 0 Å². The third-order valence-electron chi connectivity index (χ3n) is 1.30. The molecule has 0 fully saturated rings. The van der Waals surface area contributed by atoms with Crippen LogP contribution in [0.3, 0.4) is 0 Å². The van der Waals surface area contributed by atoms with Gasteiger partial charge < -0.3 is 4.74 Å². The molecular formula is C8H15O3. The first kappa shape index (κ1) is 10.4. The number of carbonyl (C=O) groups excluding carboxylic acids is 1. The minimum Gasteiger partial charge on any atom is -0.460 e. The summed E-state index contributed by atoms with van der Waals surface area (Å²) in [5.74, 6) is -0.254. The summed E-state index contributed by atoms with van der Waals surface area (Å²) in [5.41, 5.74) is 0. The van der Waals surface area contributed by atoms with Gasteiger partial charge in [0.2, 0.25) is 0 Å². The molecule has 0 saturated heterocycles. The Bertz CT molecular complexity index is 112. The normalized spacial score (nSPS) is 12.6. The maximum Gasteiger partial charge on any atom is 0.306 e. The smallest absolute Gasteiger partial charge is 0.306 e. The Morgan fingerprint density at radius 1 is 1.55 bits per heavy atom. The highest BCUT2D eigenvalue weighted by atomic mass is 16.5. The number of hydrogen-bond donors (Lipinski definition) is 0. The van der Waals surface area contributed by atoms with Crippen LogP contribution < -0.4 is 0 Å². The predicted octanol–water partition coefficient (Wildman–Crippen LogP) is 1.54. The number of unbranched alkanes of at least 4 members (excludes halogenated alkanes) is 1. The minimum atomic E-state index is -0.473. The van der Waals surface area contributed by atoms with E-state index in [9.17, 15) is 9.90 Å². The lowest BCUT2D eigenvalue weighted by molar-refractivity contribution is -0.151. The number of esters is 1. The van der Waals surface area contributed by atoms with E-state index in [0.717, 1.165) is 12.8 Å². The lowest BCUT2D eigenvalue weighted by Gasteiger charge is -2.08. The van der Waals surface area contributed by atoms with Crippen LogP contribution in [0.1, 0.15) is 33.1 Å². The number of carbonyl (C=O) groups is 1. The van der Waals surface area contributed by atoms with Gasteiger partial charge in [0.1, 0.15) is 12.7 Å². The third-order valence-corrected chi connectivity index (χ3v) is 1.30. The van der Waals surface area contributed by atoms with Gasteiger partial charge in [-0.15, -0.1) is 0 Å². The second kappa shape index (κ2) is 6.16. The number of hydrogen-bond acceptors (Lipinski definition) is 2. The van der Waals surface area contributed by atoms with Crippen molar-refractivity contribution in [2.45, 2.75) is 39.2 Å². The van der Waals surface area contributed by atoms with Crippen LogP contribution in [0.5, 0.6) is 0 Å². The molecule has 0 aliphatic carbocycles. The van der Waals surface area contributed by atoms with E-state index in [-0.39, 0.29) is 12.6 Å². The van der Waals surface area contributed by atoms with Crippen molar-refractivity contribution >= 4 is 5.97 Å². The van der Waals surface area contributed by atoms with E-state index in [1.807, 2.05) is 6.92 Å². The molecule has 0 rings (SSSR count). The fourth-order valence-corrected chi connectivity index (χ4v) is 0.638. The average molecular weight is 159 g/mol. The molecule has 0 heterocycles. The Kier molecular flexibility index (Phi) is 5.84. The van der Waals surface area contributed by atoms with E-state index < -0.39 is 6.10 Å². The van der Waals surface area contributed by atoms with Crippen LogP contribution >= 0.6 is 0 Å². The van der Waals surface area contributed by atoms with E-state index in [1.54, 1.807) is 6.92 Å². The molecule has 3 heteroatoms. The van der Waals surface area contributed by atoms with E-state index >= 15 is 0 Å². The molecule has 0 N–H and O–H groups in total. The highest BCUT2D eigenvalue weighted by molar-refractivity contribution is 5.69. The summed E-state index contributed by atoms with van der Waals surface area (Å²) >= 11 is 0. The van der Waals surface area contributed by atoms with Crippen LogP contribution in [0, 0.1) is 0 Å². The van der Waals surface area contributed by atoms with Gasteiger partial charge in [0.15, 0.2) is 0 Å². The largest absolute Gasteiger partial charge is 0.460 e. The summed E-state index contributed by atoms with van der Waals surface area (Å²) in [5, 5.41) is 10.2. The van der Waals surface area contributed by atoms with Gasteiger partial charge in [-0.3, -0.25) is 4.79 Å². The summed E-state index contributed by atoms with van der Waals surface area (Å²) in [6.45, 7) is 3.26. The Morgan fingerprint density at radius 3 is 2.64 bits per heavy atom. The molecule has 0 aromatic rings. The molecule has 1 unspecified atom stereocenters. The molecule has 0 spiro atoms. The summed E-state index contributed by atoms with van der Waals surface area (Å²) in [6.07, 6.45) is 1.77. The fourth-order valence-electron chi connectivity index (χ4n) is 0.638. The standard InChI is InChI=1S/C8H15O3/c1-3-4-5-8(10)11-7(2)6-9/h7H,3-6H2,1-2H3. The second-order valence-corrected chi connectivity index (χ2v) is 2.57. The number of ether oxygens (including phenoxy) is 1. The van der Waals surface area contributed by atoms with Gasteiger partial charge in [-0.1, -0.05) is 13.3 Å². The number of rotatable bonds is 5. The Labute approximate surface area is 67.4 Å². The second-order valence-electron chi connectivity index (χ2n) is 2.57. The summed E-state index contributed by atoms with van der Waals surface area (Å²) < 4.78 is 4.75. The SMILES string of the molecule is CCCCC(=O)OC(C)C[O]. The topological polar surface area (TPSA) is 46.2 Å². The van der Waals surface area contributed by atoms with E-state index in [1.165, 1.54) is 0 Å². The maximum absolute atomic E-state index is 10.8. The maximum atomic E-state index is 10.8. The van der Waals surface area contributed by atoms with Gasteiger partial charge in [0.25, 0.3) is 0 Å². The first-order valence-corrected chi connectivity index (χ1v) is 3.98. The van der Waals surface area contributed by atoms with Crippen molar-refractivity contribution in [3.05, 3.63) is 0 Å². The van der Waals surface area contributed by atoms with Gasteiger partial charge in [-0.25, -0.2) is 5.11 Å². The lowest BCUT2D eigenvalue weighted by atomic mass is 10.2. The first-order chi connectivity index (χ1) is 5.20. The molecule has 0 aliphatic heterocycles. The molecule has 0 amide bonds. The van der Waals surface area contributed by atoms with Crippen molar-refractivity contribution in [1.82, 2.24) is 0 Å². The van der Waals surface area contributed by atoms with Crippen molar-refractivity contribution in [3.63, 3.8) is 0 Å². The Hall–Kier alpha value is -0.570. The van der Waals surface area contributed by atoms with Crippen LogP contribution in [-0.2, 0) is 14.6 Å². The van der Waals surface area contributed by atoms with Gasteiger partial charge in [0.05, 0.1) is 0 Å². The molecule has 1 radical (unpaired) electrons. The zero-order chi connectivity index (χ0) is 8.69. The molecule has 1 atom stereocenters. The van der Waals surface area contributed by atoms with Crippen LogP contribution in [0.25, 0.3) is 0 Å². The van der Waals surface area contributed by atoms with Gasteiger partial charge in [-0.2, -0.15) is 0 Å². The zero-order valence-electron chi connectivity index (χ0n) is 7.13. The molecule has 3 nitrogen and oxygen atoms in total. The van der Waals surface area contributed by atoms with Crippen molar-refractivity contribution < 1.29 is 14.6 Å². The molecule has 0 saturated carbocycles. The summed E-state index contributed by atoms with van der Waals surface area (Å²) in [4.78, 5) is 10.8. The van der Waals surface area contributed by atoms with Crippen molar-refractivity contribution in [2.24, 2.45) is 0 Å². The molecule has 0 aromatic carbocycles. The summed E-state index contributed by atoms with van der Waals surface area (Å²) in [7, 11) is 0. The molecule has 0 aromatic heterocycles. The van der Waals surface area contributed by atoms with Crippen LogP contribution in [-0.4, -0.2) is 18.7 Å². The highest BCUT2D eigenvalue weighted by Crippen LogP contribution is 1.99.